The highest BCUT2D eigenvalue weighted by Crippen LogP contribution is 2.33. The van der Waals surface area contributed by atoms with E-state index in [4.69, 9.17) is 0 Å². The summed E-state index contributed by atoms with van der Waals surface area (Å²) in [6.07, 6.45) is 7.24. The van der Waals surface area contributed by atoms with Crippen LogP contribution >= 0.6 is 0 Å². The highest BCUT2D eigenvalue weighted by Gasteiger charge is 2.29. The average Bonchev–Trinajstić information content (AvgIpc) is 2.35. The van der Waals surface area contributed by atoms with Crippen LogP contribution in [0.1, 0.15) is 58.8 Å². The highest BCUT2D eigenvalue weighted by atomic mass is 16.3. The predicted octanol–water partition coefficient (Wildman–Crippen LogP) is 2.73. The molecule has 0 aliphatic heterocycles. The quantitative estimate of drug-likeness (QED) is 0.826. The molecule has 0 radical (unpaired) electrons. The lowest BCUT2D eigenvalue weighted by Gasteiger charge is -2.31. The van der Waals surface area contributed by atoms with Crippen LogP contribution in [0.15, 0.2) is 0 Å². The van der Waals surface area contributed by atoms with Gasteiger partial charge in [0.1, 0.15) is 0 Å². The maximum absolute atomic E-state index is 12.2. The summed E-state index contributed by atoms with van der Waals surface area (Å²) in [4.78, 5) is 12.2. The van der Waals surface area contributed by atoms with E-state index in [9.17, 15) is 9.90 Å². The van der Waals surface area contributed by atoms with E-state index in [1.54, 1.807) is 0 Å². The molecular weight excluding hydrogens is 238 g/mol. The van der Waals surface area contributed by atoms with Crippen molar-refractivity contribution in [2.75, 3.05) is 6.54 Å². The molecule has 0 bridgehead atoms. The molecule has 0 spiro atoms. The minimum atomic E-state index is -0.148. The Kier molecular flexibility index (Phi) is 5.26. The molecule has 2 aliphatic carbocycles. The molecule has 0 heterocycles. The molecule has 0 saturated heterocycles. The molecule has 19 heavy (non-hydrogen) atoms. The van der Waals surface area contributed by atoms with Crippen molar-refractivity contribution in [2.45, 2.75) is 64.9 Å². The van der Waals surface area contributed by atoms with Crippen molar-refractivity contribution >= 4 is 5.91 Å². The van der Waals surface area contributed by atoms with Gasteiger partial charge in [-0.25, -0.2) is 0 Å². The van der Waals surface area contributed by atoms with Gasteiger partial charge < -0.3 is 10.4 Å². The zero-order valence-electron chi connectivity index (χ0n) is 12.4. The Hall–Kier alpha value is -0.570. The zero-order valence-corrected chi connectivity index (χ0v) is 12.4. The van der Waals surface area contributed by atoms with Crippen LogP contribution in [0.2, 0.25) is 0 Å². The van der Waals surface area contributed by atoms with Crippen LogP contribution < -0.4 is 5.32 Å². The maximum atomic E-state index is 12.2. The number of rotatable bonds is 3. The fraction of sp³-hybridized carbons (Fsp3) is 0.938. The highest BCUT2D eigenvalue weighted by molar-refractivity contribution is 5.78. The Morgan fingerprint density at radius 3 is 2.42 bits per heavy atom. The minimum Gasteiger partial charge on any atom is -0.393 e. The SMILES string of the molecule is CC1CC(C)CC(C(=O)NCC2CCCC(O)C2)C1. The Bertz CT molecular complexity index is 295. The topological polar surface area (TPSA) is 49.3 Å². The third-order valence-electron chi connectivity index (χ3n) is 4.87. The lowest BCUT2D eigenvalue weighted by molar-refractivity contribution is -0.127. The van der Waals surface area contributed by atoms with Gasteiger partial charge in [0.05, 0.1) is 6.10 Å². The van der Waals surface area contributed by atoms with Crippen molar-refractivity contribution in [3.8, 4) is 0 Å². The van der Waals surface area contributed by atoms with Crippen molar-refractivity contribution in [1.82, 2.24) is 5.32 Å². The first kappa shape index (κ1) is 14.8. The smallest absolute Gasteiger partial charge is 0.223 e. The largest absolute Gasteiger partial charge is 0.393 e. The molecule has 2 saturated carbocycles. The third kappa shape index (κ3) is 4.48. The second kappa shape index (κ2) is 6.74. The second-order valence-corrected chi connectivity index (χ2v) is 7.05. The summed E-state index contributed by atoms with van der Waals surface area (Å²) in [6.45, 7) is 5.27. The second-order valence-electron chi connectivity index (χ2n) is 7.05. The molecule has 4 unspecified atom stereocenters. The van der Waals surface area contributed by atoms with Gasteiger partial charge in [0.15, 0.2) is 0 Å². The average molecular weight is 267 g/mol. The normalized spacial score (nSPS) is 39.8. The van der Waals surface area contributed by atoms with E-state index in [1.807, 2.05) is 0 Å². The van der Waals surface area contributed by atoms with E-state index < -0.39 is 0 Å². The number of hydrogen-bond acceptors (Lipinski definition) is 2. The number of aliphatic hydroxyl groups excluding tert-OH is 1. The summed E-state index contributed by atoms with van der Waals surface area (Å²) < 4.78 is 0. The van der Waals surface area contributed by atoms with E-state index in [0.717, 1.165) is 45.1 Å². The molecule has 2 N–H and O–H groups in total. The number of hydrogen-bond donors (Lipinski definition) is 2. The minimum absolute atomic E-state index is 0.148. The zero-order chi connectivity index (χ0) is 13.8. The Labute approximate surface area is 117 Å². The van der Waals surface area contributed by atoms with Crippen molar-refractivity contribution in [3.63, 3.8) is 0 Å². The molecule has 0 aromatic heterocycles. The van der Waals surface area contributed by atoms with Crippen LogP contribution in [-0.4, -0.2) is 23.7 Å². The van der Waals surface area contributed by atoms with Gasteiger partial charge >= 0.3 is 0 Å². The van der Waals surface area contributed by atoms with Gasteiger partial charge in [-0.05, 0) is 56.3 Å². The van der Waals surface area contributed by atoms with Crippen molar-refractivity contribution in [2.24, 2.45) is 23.7 Å². The van der Waals surface area contributed by atoms with Crippen LogP contribution in [-0.2, 0) is 4.79 Å². The van der Waals surface area contributed by atoms with Crippen LogP contribution in [0.3, 0.4) is 0 Å². The van der Waals surface area contributed by atoms with E-state index in [-0.39, 0.29) is 17.9 Å². The van der Waals surface area contributed by atoms with Crippen molar-refractivity contribution in [1.29, 1.82) is 0 Å². The number of amides is 1. The summed E-state index contributed by atoms with van der Waals surface area (Å²) in [6, 6.07) is 0. The van der Waals surface area contributed by atoms with Crippen molar-refractivity contribution in [3.05, 3.63) is 0 Å². The molecule has 3 nitrogen and oxygen atoms in total. The monoisotopic (exact) mass is 267 g/mol. The Balaban J connectivity index is 1.74. The summed E-state index contributed by atoms with van der Waals surface area (Å²) in [7, 11) is 0. The molecule has 2 rings (SSSR count). The van der Waals surface area contributed by atoms with Gasteiger partial charge in [-0.2, -0.15) is 0 Å². The van der Waals surface area contributed by atoms with E-state index in [2.05, 4.69) is 19.2 Å². The molecule has 110 valence electrons. The van der Waals surface area contributed by atoms with Crippen LogP contribution in [0, 0.1) is 23.7 Å². The lowest BCUT2D eigenvalue weighted by atomic mass is 9.76. The van der Waals surface area contributed by atoms with E-state index in [1.165, 1.54) is 6.42 Å². The molecule has 2 aliphatic rings. The van der Waals surface area contributed by atoms with E-state index >= 15 is 0 Å². The lowest BCUT2D eigenvalue weighted by Crippen LogP contribution is -2.39. The van der Waals surface area contributed by atoms with Gasteiger partial charge in [0.25, 0.3) is 0 Å². The third-order valence-corrected chi connectivity index (χ3v) is 4.87. The summed E-state index contributed by atoms with van der Waals surface area (Å²) in [5.41, 5.74) is 0. The first-order valence-corrected chi connectivity index (χ1v) is 8.00. The molecule has 3 heteroatoms. The van der Waals surface area contributed by atoms with Gasteiger partial charge in [-0.3, -0.25) is 4.79 Å². The van der Waals surface area contributed by atoms with Crippen LogP contribution in [0.4, 0.5) is 0 Å². The number of carbonyl (C=O) groups excluding carboxylic acids is 1. The number of nitrogens with one attached hydrogen (secondary N) is 1. The molecule has 4 atom stereocenters. The van der Waals surface area contributed by atoms with Crippen LogP contribution in [0.25, 0.3) is 0 Å². The Morgan fingerprint density at radius 1 is 1.11 bits per heavy atom. The summed E-state index contributed by atoms with van der Waals surface area (Å²) in [5, 5.41) is 12.8. The standard InChI is InChI=1S/C16H29NO2/c1-11-6-12(2)8-14(7-11)16(19)17-10-13-4-3-5-15(18)9-13/h11-15,18H,3-10H2,1-2H3,(H,17,19). The van der Waals surface area contributed by atoms with Crippen molar-refractivity contribution < 1.29 is 9.90 Å². The predicted molar refractivity (Wildman–Crippen MR) is 76.6 cm³/mol. The number of carbonyl (C=O) groups is 1. The maximum Gasteiger partial charge on any atom is 0.223 e. The van der Waals surface area contributed by atoms with Crippen LogP contribution in [0.5, 0.6) is 0 Å². The molecular formula is C16H29NO2. The first-order chi connectivity index (χ1) is 9.04. The molecule has 2 fully saturated rings. The molecule has 0 aromatic rings. The van der Waals surface area contributed by atoms with E-state index in [0.29, 0.717) is 17.8 Å². The fourth-order valence-corrected chi connectivity index (χ4v) is 4.00. The number of aliphatic hydroxyl groups is 1. The first-order valence-electron chi connectivity index (χ1n) is 8.00. The molecule has 1 amide bonds. The summed E-state index contributed by atoms with van der Waals surface area (Å²) >= 11 is 0. The van der Waals surface area contributed by atoms with Gasteiger partial charge in [-0.15, -0.1) is 0 Å². The molecule has 0 aromatic carbocycles. The summed E-state index contributed by atoms with van der Waals surface area (Å²) in [5.74, 6) is 2.30. The van der Waals surface area contributed by atoms with Gasteiger partial charge in [-0.1, -0.05) is 20.3 Å². The van der Waals surface area contributed by atoms with Gasteiger partial charge in [0, 0.05) is 12.5 Å². The Morgan fingerprint density at radius 2 is 1.79 bits per heavy atom. The fourth-order valence-electron chi connectivity index (χ4n) is 4.00. The van der Waals surface area contributed by atoms with Gasteiger partial charge in [0.2, 0.25) is 5.91 Å².